The lowest BCUT2D eigenvalue weighted by atomic mass is 9.96. The van der Waals surface area contributed by atoms with Crippen LogP contribution in [0.3, 0.4) is 0 Å². The minimum Gasteiger partial charge on any atom is -0.416 e. The van der Waals surface area contributed by atoms with Gasteiger partial charge in [-0.2, -0.15) is 5.10 Å². The summed E-state index contributed by atoms with van der Waals surface area (Å²) in [6, 6.07) is 8.27. The van der Waals surface area contributed by atoms with Crippen molar-refractivity contribution in [3.63, 3.8) is 0 Å². The molecule has 208 valence electrons. The molecule has 2 aliphatic heterocycles. The smallest absolute Gasteiger partial charge is 0.309 e. The lowest BCUT2D eigenvalue weighted by Crippen LogP contribution is -2.51. The Morgan fingerprint density at radius 3 is 2.70 bits per heavy atom. The largest absolute Gasteiger partial charge is 0.416 e. The third-order valence-electron chi connectivity index (χ3n) is 7.22. The first kappa shape index (κ1) is 26.1. The molecule has 2 N–H and O–H groups in total. The summed E-state index contributed by atoms with van der Waals surface area (Å²) in [5.41, 5.74) is 4.49. The zero-order valence-corrected chi connectivity index (χ0v) is 23.1. The quantitative estimate of drug-likeness (QED) is 0.373. The number of ether oxygens (including phenoxy) is 1. The van der Waals surface area contributed by atoms with Crippen molar-refractivity contribution >= 4 is 17.5 Å². The highest BCUT2D eigenvalue weighted by Gasteiger charge is 2.33. The van der Waals surface area contributed by atoms with E-state index in [0.717, 1.165) is 41.0 Å². The van der Waals surface area contributed by atoms with Crippen molar-refractivity contribution in [1.29, 1.82) is 0 Å². The van der Waals surface area contributed by atoms with Gasteiger partial charge < -0.3 is 19.8 Å². The van der Waals surface area contributed by atoms with Crippen LogP contribution in [0.1, 0.15) is 54.5 Å². The minimum atomic E-state index is -0.378. The number of hydrogen-bond donors (Lipinski definition) is 2. The second kappa shape index (κ2) is 10.4. The number of amides is 1. The molecule has 0 unspecified atom stereocenters. The summed E-state index contributed by atoms with van der Waals surface area (Å²) < 4.78 is 12.9. The summed E-state index contributed by atoms with van der Waals surface area (Å²) in [7, 11) is 1.86. The summed E-state index contributed by atoms with van der Waals surface area (Å²) in [5, 5.41) is 18.6. The van der Waals surface area contributed by atoms with E-state index in [9.17, 15) is 4.79 Å². The summed E-state index contributed by atoms with van der Waals surface area (Å²) in [6.45, 7) is 8.84. The molecular formula is C28H33N9O3. The predicted octanol–water partition coefficient (Wildman–Crippen LogP) is 3.03. The van der Waals surface area contributed by atoms with Crippen molar-refractivity contribution in [2.45, 2.75) is 44.7 Å². The second-order valence-electron chi connectivity index (χ2n) is 11.3. The maximum absolute atomic E-state index is 13.2. The van der Waals surface area contributed by atoms with Gasteiger partial charge in [0.05, 0.1) is 42.9 Å². The SMILES string of the molecule is Cn1cc(Nc2nccc(-c3ccc4c(c3)CCN(C3COC3)C[C@H]4NC(=O)c3nnc(C(C)(C)C)o3)n2)cn1. The molecule has 3 aromatic heterocycles. The van der Waals surface area contributed by atoms with Gasteiger partial charge in [-0.1, -0.05) is 32.9 Å². The molecule has 12 nitrogen and oxygen atoms in total. The van der Waals surface area contributed by atoms with Gasteiger partial charge in [0.25, 0.3) is 0 Å². The summed E-state index contributed by atoms with van der Waals surface area (Å²) in [4.78, 5) is 24.7. The summed E-state index contributed by atoms with van der Waals surface area (Å²) >= 11 is 0. The molecule has 4 aromatic rings. The maximum atomic E-state index is 13.2. The molecule has 40 heavy (non-hydrogen) atoms. The first-order chi connectivity index (χ1) is 19.2. The van der Waals surface area contributed by atoms with Crippen molar-refractivity contribution in [2.24, 2.45) is 7.05 Å². The zero-order chi connectivity index (χ0) is 27.9. The van der Waals surface area contributed by atoms with Crippen molar-refractivity contribution in [2.75, 3.05) is 31.6 Å². The molecule has 5 heterocycles. The van der Waals surface area contributed by atoms with Crippen LogP contribution in [0.2, 0.25) is 0 Å². The van der Waals surface area contributed by atoms with Crippen molar-refractivity contribution in [3.05, 3.63) is 65.8 Å². The van der Waals surface area contributed by atoms with E-state index in [1.807, 2.05) is 46.1 Å². The van der Waals surface area contributed by atoms with E-state index < -0.39 is 0 Å². The van der Waals surface area contributed by atoms with Crippen LogP contribution < -0.4 is 10.6 Å². The molecule has 0 bridgehead atoms. The van der Waals surface area contributed by atoms with E-state index in [-0.39, 0.29) is 23.3 Å². The number of aryl methyl sites for hydroxylation is 1. The van der Waals surface area contributed by atoms with Crippen LogP contribution in [-0.2, 0) is 23.6 Å². The first-order valence-corrected chi connectivity index (χ1v) is 13.4. The Hall–Kier alpha value is -4.16. The molecule has 1 saturated heterocycles. The van der Waals surface area contributed by atoms with E-state index in [4.69, 9.17) is 14.1 Å². The van der Waals surface area contributed by atoms with Gasteiger partial charge in [-0.15, -0.1) is 10.2 Å². The molecule has 1 fully saturated rings. The third-order valence-corrected chi connectivity index (χ3v) is 7.22. The molecule has 12 heteroatoms. The van der Waals surface area contributed by atoms with E-state index in [2.05, 4.69) is 47.9 Å². The van der Waals surface area contributed by atoms with E-state index in [1.54, 1.807) is 17.1 Å². The predicted molar refractivity (Wildman–Crippen MR) is 147 cm³/mol. The molecule has 0 saturated carbocycles. The van der Waals surface area contributed by atoms with Gasteiger partial charge in [0, 0.05) is 43.5 Å². The fraction of sp³-hybridized carbons (Fsp3) is 0.429. The Morgan fingerprint density at radius 2 is 2.00 bits per heavy atom. The number of carbonyl (C=O) groups is 1. The average molecular weight is 544 g/mol. The number of carbonyl (C=O) groups excluding carboxylic acids is 1. The molecule has 1 atom stereocenters. The Morgan fingerprint density at radius 1 is 1.15 bits per heavy atom. The number of nitrogens with zero attached hydrogens (tertiary/aromatic N) is 7. The number of benzene rings is 1. The van der Waals surface area contributed by atoms with Gasteiger partial charge in [-0.05, 0) is 29.7 Å². The normalized spacial score (nSPS) is 18.1. The topological polar surface area (TPSA) is 136 Å². The second-order valence-corrected chi connectivity index (χ2v) is 11.3. The summed E-state index contributed by atoms with van der Waals surface area (Å²) in [6.07, 6.45) is 6.17. The van der Waals surface area contributed by atoms with Crippen LogP contribution in [-0.4, -0.2) is 73.1 Å². The molecule has 1 aromatic carbocycles. The van der Waals surface area contributed by atoms with Crippen molar-refractivity contribution < 1.29 is 13.9 Å². The van der Waals surface area contributed by atoms with Gasteiger partial charge in [0.2, 0.25) is 11.8 Å². The number of anilines is 2. The standard InChI is InChI=1S/C28H33N9O3/c1-28(2,3)26-35-34-25(40-26)24(38)32-23-14-37(20-15-39-16-20)10-8-17-11-18(5-6-21(17)23)22-7-9-29-27(33-22)31-19-12-30-36(4)13-19/h5-7,9,11-13,20,23H,8,10,14-16H2,1-4H3,(H,32,38)(H,29,31,33)/t23-/m1/s1. The van der Waals surface area contributed by atoms with Gasteiger partial charge in [0.15, 0.2) is 0 Å². The monoisotopic (exact) mass is 543 g/mol. The zero-order valence-electron chi connectivity index (χ0n) is 23.1. The first-order valence-electron chi connectivity index (χ1n) is 13.4. The minimum absolute atomic E-state index is 0.0273. The lowest BCUT2D eigenvalue weighted by Gasteiger charge is -2.38. The van der Waals surface area contributed by atoms with Crippen molar-refractivity contribution in [3.8, 4) is 11.3 Å². The fourth-order valence-corrected chi connectivity index (χ4v) is 4.93. The highest BCUT2D eigenvalue weighted by atomic mass is 16.5. The van der Waals surface area contributed by atoms with E-state index >= 15 is 0 Å². The molecule has 0 aliphatic carbocycles. The van der Waals surface area contributed by atoms with E-state index in [1.165, 1.54) is 0 Å². The van der Waals surface area contributed by atoms with Gasteiger partial charge in [-0.3, -0.25) is 14.4 Å². The number of aromatic nitrogens is 6. The molecule has 0 spiro atoms. The number of nitrogens with one attached hydrogen (secondary N) is 2. The van der Waals surface area contributed by atoms with Crippen LogP contribution in [0.15, 0.2) is 47.3 Å². The van der Waals surface area contributed by atoms with Gasteiger partial charge >= 0.3 is 11.8 Å². The van der Waals surface area contributed by atoms with Crippen molar-refractivity contribution in [1.82, 2.24) is 40.2 Å². The number of rotatable bonds is 6. The van der Waals surface area contributed by atoms with Crippen LogP contribution in [0.5, 0.6) is 0 Å². The average Bonchev–Trinajstić information content (AvgIpc) is 3.51. The number of hydrogen-bond acceptors (Lipinski definition) is 10. The fourth-order valence-electron chi connectivity index (χ4n) is 4.93. The van der Waals surface area contributed by atoms with E-state index in [0.29, 0.717) is 37.6 Å². The summed E-state index contributed by atoms with van der Waals surface area (Å²) in [5.74, 6) is 0.520. The van der Waals surface area contributed by atoms with Gasteiger partial charge in [-0.25, -0.2) is 9.97 Å². The maximum Gasteiger partial charge on any atom is 0.309 e. The van der Waals surface area contributed by atoms with Crippen LogP contribution in [0.25, 0.3) is 11.3 Å². The molecule has 2 aliphatic rings. The lowest BCUT2D eigenvalue weighted by molar-refractivity contribution is -0.0658. The van der Waals surface area contributed by atoms with Crippen LogP contribution in [0.4, 0.5) is 11.6 Å². The highest BCUT2D eigenvalue weighted by molar-refractivity contribution is 5.89. The van der Waals surface area contributed by atoms with Gasteiger partial charge in [0.1, 0.15) is 0 Å². The van der Waals surface area contributed by atoms with Crippen LogP contribution in [0, 0.1) is 0 Å². The molecule has 6 rings (SSSR count). The van der Waals surface area contributed by atoms with Crippen LogP contribution >= 0.6 is 0 Å². The Kier molecular flexibility index (Phi) is 6.80. The number of fused-ring (bicyclic) bond motifs is 1. The highest BCUT2D eigenvalue weighted by Crippen LogP contribution is 2.31. The Labute approximate surface area is 232 Å². The Balaban J connectivity index is 1.27. The third kappa shape index (κ3) is 5.45. The molecule has 1 amide bonds. The molecular weight excluding hydrogens is 510 g/mol. The Bertz CT molecular complexity index is 1520. The molecule has 0 radical (unpaired) electrons.